The summed E-state index contributed by atoms with van der Waals surface area (Å²) < 4.78 is 25.4. The first kappa shape index (κ1) is 16.2. The van der Waals surface area contributed by atoms with E-state index in [0.29, 0.717) is 6.61 Å². The first-order valence-electron chi connectivity index (χ1n) is 7.75. The molecule has 2 nitrogen and oxygen atoms in total. The topological polar surface area (TPSA) is 18.5 Å². The fraction of sp³-hybridized carbons (Fsp3) is 0.529. The predicted octanol–water partition coefficient (Wildman–Crippen LogP) is 4.42. The summed E-state index contributed by atoms with van der Waals surface area (Å²) in [6.45, 7) is 8.77. The lowest BCUT2D eigenvalue weighted by atomic mass is 9.69. The van der Waals surface area contributed by atoms with Crippen molar-refractivity contribution in [2.45, 2.75) is 52.6 Å². The zero-order chi connectivity index (χ0) is 15.5. The van der Waals surface area contributed by atoms with Gasteiger partial charge in [0.05, 0.1) is 0 Å². The number of hydrogen-bond donors (Lipinski definition) is 0. The van der Waals surface area contributed by atoms with E-state index in [1.807, 2.05) is 13.0 Å². The number of allylic oxidation sites excluding steroid dienone is 1. The minimum Gasteiger partial charge on any atom is -0.408 e. The molecular weight excluding hydrogens is 266 g/mol. The van der Waals surface area contributed by atoms with Crippen LogP contribution in [-0.4, -0.2) is 19.3 Å². The lowest BCUT2D eigenvalue weighted by Crippen LogP contribution is -2.37. The number of rotatable bonds is 6. The molecule has 0 aromatic heterocycles. The average Bonchev–Trinajstić information content (AvgIpc) is 2.45. The third-order valence-electron chi connectivity index (χ3n) is 4.01. The minimum atomic E-state index is -0.394. The summed E-state index contributed by atoms with van der Waals surface area (Å²) in [5.41, 5.74) is 2.86. The van der Waals surface area contributed by atoms with Crippen molar-refractivity contribution in [1.29, 1.82) is 0 Å². The molecule has 2 rings (SSSR count). The van der Waals surface area contributed by atoms with Crippen molar-refractivity contribution in [3.63, 3.8) is 0 Å². The van der Waals surface area contributed by atoms with Gasteiger partial charge in [0.15, 0.2) is 0 Å². The van der Waals surface area contributed by atoms with Crippen LogP contribution in [0, 0.1) is 5.82 Å². The molecule has 0 saturated heterocycles. The number of halogens is 1. The number of aryl methyl sites for hydroxylation is 1. The van der Waals surface area contributed by atoms with Crippen molar-refractivity contribution in [1.82, 2.24) is 0 Å². The Kier molecular flexibility index (Phi) is 5.23. The molecule has 1 aliphatic rings. The summed E-state index contributed by atoms with van der Waals surface area (Å²) in [6, 6.07) is 4.96. The first-order chi connectivity index (χ1) is 9.96. The van der Waals surface area contributed by atoms with Gasteiger partial charge in [0.25, 0.3) is 0 Å². The van der Waals surface area contributed by atoms with Gasteiger partial charge in [0.2, 0.25) is 0 Å². The molecule has 4 heteroatoms. The highest BCUT2D eigenvalue weighted by Gasteiger charge is 2.33. The van der Waals surface area contributed by atoms with Gasteiger partial charge < -0.3 is 9.31 Å². The van der Waals surface area contributed by atoms with E-state index in [9.17, 15) is 4.39 Å². The summed E-state index contributed by atoms with van der Waals surface area (Å²) >= 11 is 0. The minimum absolute atomic E-state index is 0.183. The first-order valence-corrected chi connectivity index (χ1v) is 7.75. The van der Waals surface area contributed by atoms with Crippen LogP contribution in [-0.2, 0) is 15.7 Å². The second kappa shape index (κ2) is 6.76. The van der Waals surface area contributed by atoms with Gasteiger partial charge in [-0.2, -0.15) is 0 Å². The van der Waals surface area contributed by atoms with Crippen molar-refractivity contribution >= 4 is 12.6 Å². The second-order valence-corrected chi connectivity index (χ2v) is 6.02. The molecule has 1 aliphatic carbocycles. The molecular formula is C17H24BFO2. The molecule has 0 heterocycles. The average molecular weight is 290 g/mol. The highest BCUT2D eigenvalue weighted by atomic mass is 19.1. The van der Waals surface area contributed by atoms with Crippen LogP contribution < -0.4 is 0 Å². The van der Waals surface area contributed by atoms with Crippen LogP contribution in [0.1, 0.15) is 51.7 Å². The Morgan fingerprint density at radius 2 is 2.05 bits per heavy atom. The van der Waals surface area contributed by atoms with Gasteiger partial charge in [0.1, 0.15) is 5.82 Å². The van der Waals surface area contributed by atoms with Crippen molar-refractivity contribution < 1.29 is 13.7 Å². The van der Waals surface area contributed by atoms with Crippen LogP contribution in [0.15, 0.2) is 24.3 Å². The molecule has 114 valence electrons. The summed E-state index contributed by atoms with van der Waals surface area (Å²) in [4.78, 5) is 0. The second-order valence-electron chi connectivity index (χ2n) is 6.02. The lowest BCUT2D eigenvalue weighted by Gasteiger charge is -2.30. The maximum atomic E-state index is 13.4. The Balaban J connectivity index is 2.31. The van der Waals surface area contributed by atoms with Gasteiger partial charge in [-0.3, -0.25) is 0 Å². The maximum Gasteiger partial charge on any atom is 0.494 e. The molecule has 21 heavy (non-hydrogen) atoms. The Hall–Kier alpha value is -1.13. The SMILES string of the molecule is CCOB(OC(C)(C)CC)C1=CCCc2cc(F)ccc21. The van der Waals surface area contributed by atoms with Gasteiger partial charge in [-0.05, 0) is 68.8 Å². The fourth-order valence-corrected chi connectivity index (χ4v) is 2.48. The van der Waals surface area contributed by atoms with Crippen molar-refractivity contribution in [3.05, 3.63) is 41.2 Å². The smallest absolute Gasteiger partial charge is 0.408 e. The van der Waals surface area contributed by atoms with Crippen LogP contribution in [0.4, 0.5) is 4.39 Å². The van der Waals surface area contributed by atoms with Crippen LogP contribution in [0.3, 0.4) is 0 Å². The zero-order valence-corrected chi connectivity index (χ0v) is 13.4. The molecule has 0 radical (unpaired) electrons. The largest absolute Gasteiger partial charge is 0.494 e. The highest BCUT2D eigenvalue weighted by Crippen LogP contribution is 2.31. The summed E-state index contributed by atoms with van der Waals surface area (Å²) in [6.07, 6.45) is 4.82. The Labute approximate surface area is 127 Å². The Morgan fingerprint density at radius 3 is 2.71 bits per heavy atom. The van der Waals surface area contributed by atoms with E-state index in [0.717, 1.165) is 35.9 Å². The molecule has 0 spiro atoms. The van der Waals surface area contributed by atoms with Crippen LogP contribution >= 0.6 is 0 Å². The van der Waals surface area contributed by atoms with E-state index in [4.69, 9.17) is 9.31 Å². The quantitative estimate of drug-likeness (QED) is 0.722. The van der Waals surface area contributed by atoms with Crippen LogP contribution in [0.5, 0.6) is 0 Å². The van der Waals surface area contributed by atoms with E-state index < -0.39 is 7.12 Å². The number of benzene rings is 1. The monoisotopic (exact) mass is 290 g/mol. The Bertz CT molecular complexity index is 526. The van der Waals surface area contributed by atoms with E-state index >= 15 is 0 Å². The van der Waals surface area contributed by atoms with Crippen molar-refractivity contribution in [3.8, 4) is 0 Å². The maximum absolute atomic E-state index is 13.4. The molecule has 0 aliphatic heterocycles. The van der Waals surface area contributed by atoms with E-state index in [-0.39, 0.29) is 11.4 Å². The molecule has 0 saturated carbocycles. The van der Waals surface area contributed by atoms with Gasteiger partial charge >= 0.3 is 7.12 Å². The third kappa shape index (κ3) is 3.95. The summed E-state index contributed by atoms with van der Waals surface area (Å²) in [5, 5.41) is 0. The lowest BCUT2D eigenvalue weighted by molar-refractivity contribution is 0.0711. The van der Waals surface area contributed by atoms with E-state index in [1.165, 1.54) is 6.07 Å². The van der Waals surface area contributed by atoms with Gasteiger partial charge in [-0.1, -0.05) is 19.1 Å². The number of hydrogen-bond acceptors (Lipinski definition) is 2. The molecule has 1 aromatic rings. The van der Waals surface area contributed by atoms with Crippen molar-refractivity contribution in [2.24, 2.45) is 0 Å². The van der Waals surface area contributed by atoms with E-state index in [1.54, 1.807) is 6.07 Å². The molecule has 0 fully saturated rings. The molecule has 0 N–H and O–H groups in total. The highest BCUT2D eigenvalue weighted by molar-refractivity contribution is 6.68. The molecule has 0 unspecified atom stereocenters. The standard InChI is InChI=1S/C17H24BFO2/c1-5-17(3,4)21-18(20-6-2)16-9-7-8-13-12-14(19)10-11-15(13)16/h9-12H,5-8H2,1-4H3. The fourth-order valence-electron chi connectivity index (χ4n) is 2.48. The normalized spacial score (nSPS) is 14.6. The van der Waals surface area contributed by atoms with Crippen LogP contribution in [0.2, 0.25) is 0 Å². The van der Waals surface area contributed by atoms with Crippen LogP contribution in [0.25, 0.3) is 5.47 Å². The molecule has 0 amide bonds. The summed E-state index contributed by atoms with van der Waals surface area (Å²) in [7, 11) is -0.394. The molecule has 1 aromatic carbocycles. The number of fused-ring (bicyclic) bond motifs is 1. The molecule has 0 bridgehead atoms. The Morgan fingerprint density at radius 1 is 1.29 bits per heavy atom. The van der Waals surface area contributed by atoms with Crippen molar-refractivity contribution in [2.75, 3.05) is 6.61 Å². The van der Waals surface area contributed by atoms with E-state index in [2.05, 4.69) is 26.8 Å². The zero-order valence-electron chi connectivity index (χ0n) is 13.4. The van der Waals surface area contributed by atoms with Gasteiger partial charge in [-0.25, -0.2) is 4.39 Å². The molecule has 0 atom stereocenters. The predicted molar refractivity (Wildman–Crippen MR) is 85.5 cm³/mol. The van der Waals surface area contributed by atoms with Gasteiger partial charge in [-0.15, -0.1) is 0 Å². The third-order valence-corrected chi connectivity index (χ3v) is 4.01. The van der Waals surface area contributed by atoms with Gasteiger partial charge in [0, 0.05) is 12.2 Å². The summed E-state index contributed by atoms with van der Waals surface area (Å²) in [5.74, 6) is -0.183.